The number of rotatable bonds is 5. The first-order chi connectivity index (χ1) is 8.48. The normalized spacial score (nSPS) is 11.3. The van der Waals surface area contributed by atoms with E-state index in [1.807, 2.05) is 0 Å². The van der Waals surface area contributed by atoms with Crippen LogP contribution in [0.3, 0.4) is 0 Å². The Kier molecular flexibility index (Phi) is 4.49. The maximum atomic E-state index is 11.8. The second kappa shape index (κ2) is 5.67. The van der Waals surface area contributed by atoms with E-state index in [4.69, 9.17) is 21.1 Å². The van der Waals surface area contributed by atoms with Crippen LogP contribution in [0.1, 0.15) is 10.4 Å². The quantitative estimate of drug-likeness (QED) is 0.278. The van der Waals surface area contributed by atoms with Gasteiger partial charge in [0, 0.05) is 5.56 Å². The molecule has 0 unspecified atom stereocenters. The molecule has 1 rings (SSSR count). The van der Waals surface area contributed by atoms with Crippen LogP contribution < -0.4 is 11.1 Å². The molecule has 0 saturated carbocycles. The van der Waals surface area contributed by atoms with Crippen molar-refractivity contribution in [3.63, 3.8) is 0 Å². The predicted octanol–water partition coefficient (Wildman–Crippen LogP) is -1.58. The molecular formula is C11H16N2O5. The minimum Gasteiger partial charge on any atom is -0.506 e. The summed E-state index contributed by atoms with van der Waals surface area (Å²) < 4.78 is 0. The van der Waals surface area contributed by atoms with Crippen molar-refractivity contribution >= 4 is 11.6 Å². The van der Waals surface area contributed by atoms with Gasteiger partial charge in [-0.2, -0.15) is 0 Å². The van der Waals surface area contributed by atoms with Crippen molar-refractivity contribution in [2.45, 2.75) is 5.54 Å². The standard InChI is InChI=1S/C11H16N2O5/c12-8-2-1-7(3-9(8)17)10(18)13-11(4-14,5-15)6-16/h1-3,14-17H,4-6,12H2,(H,13,18). The molecule has 0 bridgehead atoms. The zero-order valence-corrected chi connectivity index (χ0v) is 9.63. The van der Waals surface area contributed by atoms with Crippen LogP contribution in [0.15, 0.2) is 18.2 Å². The fourth-order valence-corrected chi connectivity index (χ4v) is 1.27. The topological polar surface area (TPSA) is 136 Å². The van der Waals surface area contributed by atoms with Gasteiger partial charge >= 0.3 is 0 Å². The van der Waals surface area contributed by atoms with Gasteiger partial charge in [0.15, 0.2) is 0 Å². The third-order valence-electron chi connectivity index (χ3n) is 2.58. The van der Waals surface area contributed by atoms with Crippen molar-refractivity contribution in [2.24, 2.45) is 0 Å². The van der Waals surface area contributed by atoms with E-state index in [9.17, 15) is 9.90 Å². The molecule has 0 aliphatic rings. The van der Waals surface area contributed by atoms with E-state index in [0.29, 0.717) is 0 Å². The highest BCUT2D eigenvalue weighted by Gasteiger charge is 2.30. The van der Waals surface area contributed by atoms with Gasteiger partial charge in [-0.05, 0) is 18.2 Å². The minimum atomic E-state index is -1.51. The van der Waals surface area contributed by atoms with Crippen molar-refractivity contribution in [2.75, 3.05) is 25.6 Å². The fraction of sp³-hybridized carbons (Fsp3) is 0.364. The van der Waals surface area contributed by atoms with Crippen molar-refractivity contribution in [1.29, 1.82) is 0 Å². The second-order valence-corrected chi connectivity index (χ2v) is 3.98. The van der Waals surface area contributed by atoms with Crippen LogP contribution in [0.2, 0.25) is 0 Å². The van der Waals surface area contributed by atoms with Crippen LogP contribution in [0.25, 0.3) is 0 Å². The average Bonchev–Trinajstić information content (AvgIpc) is 2.39. The van der Waals surface area contributed by atoms with Gasteiger partial charge in [-0.15, -0.1) is 0 Å². The van der Waals surface area contributed by atoms with Gasteiger partial charge in [0.1, 0.15) is 11.3 Å². The number of aliphatic hydroxyl groups excluding tert-OH is 3. The summed E-state index contributed by atoms with van der Waals surface area (Å²) >= 11 is 0. The summed E-state index contributed by atoms with van der Waals surface area (Å²) in [7, 11) is 0. The Morgan fingerprint density at radius 3 is 2.22 bits per heavy atom. The molecule has 0 spiro atoms. The summed E-state index contributed by atoms with van der Waals surface area (Å²) in [6.45, 7) is -1.86. The Labute approximate surface area is 103 Å². The highest BCUT2D eigenvalue weighted by molar-refractivity contribution is 5.95. The lowest BCUT2D eigenvalue weighted by molar-refractivity contribution is 0.0375. The highest BCUT2D eigenvalue weighted by atomic mass is 16.3. The van der Waals surface area contributed by atoms with E-state index < -0.39 is 31.3 Å². The lowest BCUT2D eigenvalue weighted by Gasteiger charge is -2.28. The van der Waals surface area contributed by atoms with Crippen LogP contribution in [0, 0.1) is 0 Å². The number of benzene rings is 1. The number of carbonyl (C=O) groups excluding carboxylic acids is 1. The fourth-order valence-electron chi connectivity index (χ4n) is 1.27. The Bertz CT molecular complexity index is 423. The Balaban J connectivity index is 2.90. The predicted molar refractivity (Wildman–Crippen MR) is 64.0 cm³/mol. The number of nitrogens with two attached hydrogens (primary N) is 1. The van der Waals surface area contributed by atoms with E-state index >= 15 is 0 Å². The summed E-state index contributed by atoms with van der Waals surface area (Å²) in [5.41, 5.74) is 4.11. The van der Waals surface area contributed by atoms with Crippen LogP contribution in [0.5, 0.6) is 5.75 Å². The lowest BCUT2D eigenvalue weighted by atomic mass is 10.0. The number of carbonyl (C=O) groups is 1. The monoisotopic (exact) mass is 256 g/mol. The molecular weight excluding hydrogens is 240 g/mol. The molecule has 7 N–H and O–H groups in total. The molecule has 0 aliphatic heterocycles. The molecule has 0 heterocycles. The number of hydrogen-bond donors (Lipinski definition) is 6. The van der Waals surface area contributed by atoms with E-state index in [0.717, 1.165) is 6.07 Å². The largest absolute Gasteiger partial charge is 0.506 e. The zero-order chi connectivity index (χ0) is 13.8. The molecule has 1 amide bonds. The second-order valence-electron chi connectivity index (χ2n) is 3.98. The van der Waals surface area contributed by atoms with Gasteiger partial charge in [-0.25, -0.2) is 0 Å². The van der Waals surface area contributed by atoms with E-state index in [1.165, 1.54) is 12.1 Å². The maximum Gasteiger partial charge on any atom is 0.252 e. The molecule has 18 heavy (non-hydrogen) atoms. The van der Waals surface area contributed by atoms with Crippen LogP contribution in [-0.2, 0) is 0 Å². The summed E-state index contributed by atoms with van der Waals surface area (Å²) in [4.78, 5) is 11.8. The third-order valence-corrected chi connectivity index (χ3v) is 2.58. The van der Waals surface area contributed by atoms with E-state index in [1.54, 1.807) is 0 Å². The highest BCUT2D eigenvalue weighted by Crippen LogP contribution is 2.20. The summed E-state index contributed by atoms with van der Waals surface area (Å²) in [6.07, 6.45) is 0. The SMILES string of the molecule is Nc1ccc(C(=O)NC(CO)(CO)CO)cc1O. The number of anilines is 1. The van der Waals surface area contributed by atoms with Gasteiger partial charge in [0.2, 0.25) is 0 Å². The number of aliphatic hydroxyl groups is 3. The Hall–Kier alpha value is -1.83. The molecule has 0 aromatic heterocycles. The number of hydrogen-bond acceptors (Lipinski definition) is 6. The number of nitrogen functional groups attached to an aromatic ring is 1. The smallest absolute Gasteiger partial charge is 0.252 e. The average molecular weight is 256 g/mol. The van der Waals surface area contributed by atoms with Gasteiger partial charge in [0.05, 0.1) is 25.5 Å². The number of aromatic hydroxyl groups is 1. The van der Waals surface area contributed by atoms with Crippen LogP contribution >= 0.6 is 0 Å². The summed E-state index contributed by atoms with van der Waals surface area (Å²) in [5.74, 6) is -0.896. The molecule has 0 atom stereocenters. The first-order valence-corrected chi connectivity index (χ1v) is 5.21. The van der Waals surface area contributed by atoms with Crippen molar-refractivity contribution < 1.29 is 25.2 Å². The summed E-state index contributed by atoms with van der Waals surface area (Å²) in [5, 5.41) is 38.9. The lowest BCUT2D eigenvalue weighted by Crippen LogP contribution is -2.57. The van der Waals surface area contributed by atoms with Crippen LogP contribution in [0.4, 0.5) is 5.69 Å². The van der Waals surface area contributed by atoms with Crippen molar-refractivity contribution in [3.05, 3.63) is 23.8 Å². The van der Waals surface area contributed by atoms with Gasteiger partial charge in [-0.3, -0.25) is 4.79 Å². The first-order valence-electron chi connectivity index (χ1n) is 5.21. The van der Waals surface area contributed by atoms with Crippen molar-refractivity contribution in [3.8, 4) is 5.75 Å². The Morgan fingerprint density at radius 1 is 1.22 bits per heavy atom. The molecule has 0 fully saturated rings. The first kappa shape index (κ1) is 14.2. The maximum absolute atomic E-state index is 11.8. The van der Waals surface area contributed by atoms with Gasteiger partial charge in [-0.1, -0.05) is 0 Å². The molecule has 7 nitrogen and oxygen atoms in total. The van der Waals surface area contributed by atoms with E-state index in [-0.39, 0.29) is 17.0 Å². The third kappa shape index (κ3) is 2.89. The molecule has 0 saturated heterocycles. The molecule has 0 radical (unpaired) electrons. The van der Waals surface area contributed by atoms with Gasteiger partial charge in [0.25, 0.3) is 5.91 Å². The molecule has 0 aliphatic carbocycles. The number of amides is 1. The minimum absolute atomic E-state index is 0.0985. The Morgan fingerprint density at radius 2 is 1.78 bits per heavy atom. The molecule has 1 aromatic carbocycles. The summed E-state index contributed by atoms with van der Waals surface area (Å²) in [6, 6.07) is 3.88. The number of phenolic OH excluding ortho intramolecular Hbond substituents is 1. The van der Waals surface area contributed by atoms with Crippen LogP contribution in [-0.4, -0.2) is 51.7 Å². The molecule has 7 heteroatoms. The van der Waals surface area contributed by atoms with Gasteiger partial charge < -0.3 is 31.5 Å². The zero-order valence-electron chi connectivity index (χ0n) is 9.63. The molecule has 100 valence electrons. The number of phenols is 1. The van der Waals surface area contributed by atoms with Crippen molar-refractivity contribution in [1.82, 2.24) is 5.32 Å². The molecule has 1 aromatic rings. The van der Waals surface area contributed by atoms with E-state index in [2.05, 4.69) is 5.32 Å². The number of nitrogens with one attached hydrogen (secondary N) is 1.